The van der Waals surface area contributed by atoms with Crippen LogP contribution in [0, 0.1) is 10.1 Å². The summed E-state index contributed by atoms with van der Waals surface area (Å²) in [5, 5.41) is 12.7. The van der Waals surface area contributed by atoms with Gasteiger partial charge < -0.3 is 4.57 Å². The molecule has 1 amide bonds. The maximum Gasteiger partial charge on any atom is 0.289 e. The number of fused-ring (bicyclic) bond motifs is 1. The van der Waals surface area contributed by atoms with Crippen molar-refractivity contribution in [1.82, 2.24) is 4.57 Å². The molecule has 0 saturated carbocycles. The minimum Gasteiger partial charge on any atom is -0.312 e. The van der Waals surface area contributed by atoms with Crippen LogP contribution in [0.5, 0.6) is 0 Å². The number of nitro groups is 1. The highest BCUT2D eigenvalue weighted by atomic mass is 32.1. The fraction of sp³-hybridized carbons (Fsp3) is 0.0667. The number of hydrogen-bond donors (Lipinski definition) is 0. The highest BCUT2D eigenvalue weighted by Gasteiger charge is 2.12. The summed E-state index contributed by atoms with van der Waals surface area (Å²) in [6.07, 6.45) is 1.70. The second-order valence-electron chi connectivity index (χ2n) is 4.59. The number of carbonyl (C=O) groups is 1. The Balaban J connectivity index is 2.18. The van der Waals surface area contributed by atoms with E-state index in [9.17, 15) is 14.9 Å². The van der Waals surface area contributed by atoms with Crippen LogP contribution in [0.15, 0.2) is 53.4 Å². The molecule has 0 atom stereocenters. The molecule has 0 saturated heterocycles. The number of thiophene rings is 1. The van der Waals surface area contributed by atoms with Crippen LogP contribution in [-0.4, -0.2) is 15.4 Å². The highest BCUT2D eigenvalue weighted by molar-refractivity contribution is 7.16. The molecule has 0 unspecified atom stereocenters. The standard InChI is InChI=1S/C15H11N3O3S2/c1-2-7-17-11-6-5-10(18(20)21)9-13(11)23-15(17)16-14(19)12-4-3-8-22-12/h2-6,8-9H,1,7H2. The summed E-state index contributed by atoms with van der Waals surface area (Å²) >= 11 is 2.57. The van der Waals surface area contributed by atoms with Crippen LogP contribution >= 0.6 is 22.7 Å². The molecular weight excluding hydrogens is 334 g/mol. The molecular formula is C15H11N3O3S2. The molecule has 2 heterocycles. The van der Waals surface area contributed by atoms with E-state index >= 15 is 0 Å². The van der Waals surface area contributed by atoms with Crippen molar-refractivity contribution < 1.29 is 9.72 Å². The van der Waals surface area contributed by atoms with Crippen LogP contribution in [-0.2, 0) is 6.54 Å². The Bertz CT molecular complexity index is 968. The van der Waals surface area contributed by atoms with Gasteiger partial charge in [-0.25, -0.2) is 0 Å². The molecule has 8 heteroatoms. The smallest absolute Gasteiger partial charge is 0.289 e. The SMILES string of the molecule is C=CCn1c(=NC(=O)c2cccs2)sc2cc([N+](=O)[O-])ccc21. The van der Waals surface area contributed by atoms with Crippen LogP contribution in [0.4, 0.5) is 5.69 Å². The fourth-order valence-corrected chi connectivity index (χ4v) is 3.79. The Labute approximate surface area is 138 Å². The molecule has 0 bridgehead atoms. The monoisotopic (exact) mass is 345 g/mol. The Morgan fingerprint density at radius 3 is 2.91 bits per heavy atom. The molecule has 116 valence electrons. The lowest BCUT2D eigenvalue weighted by molar-refractivity contribution is -0.384. The summed E-state index contributed by atoms with van der Waals surface area (Å²) in [5.74, 6) is -0.320. The van der Waals surface area contributed by atoms with Crippen LogP contribution in [0.2, 0.25) is 0 Å². The summed E-state index contributed by atoms with van der Waals surface area (Å²) in [6.45, 7) is 4.18. The van der Waals surface area contributed by atoms with Crippen molar-refractivity contribution >= 4 is 44.5 Å². The predicted molar refractivity (Wildman–Crippen MR) is 90.9 cm³/mol. The van der Waals surface area contributed by atoms with Gasteiger partial charge in [0, 0.05) is 18.7 Å². The summed E-state index contributed by atoms with van der Waals surface area (Å²) < 4.78 is 2.53. The molecule has 6 nitrogen and oxygen atoms in total. The first-order chi connectivity index (χ1) is 11.1. The summed E-state index contributed by atoms with van der Waals surface area (Å²) in [4.78, 5) is 27.9. The van der Waals surface area contributed by atoms with Crippen LogP contribution in [0.3, 0.4) is 0 Å². The number of rotatable bonds is 4. The molecule has 1 aromatic carbocycles. The quantitative estimate of drug-likeness (QED) is 0.412. The lowest BCUT2D eigenvalue weighted by Gasteiger charge is -2.00. The van der Waals surface area contributed by atoms with Gasteiger partial charge in [0.05, 0.1) is 20.0 Å². The molecule has 2 aromatic heterocycles. The second-order valence-corrected chi connectivity index (χ2v) is 6.54. The number of allylic oxidation sites excluding steroid dienone is 1. The van der Waals surface area contributed by atoms with Crippen molar-refractivity contribution in [3.63, 3.8) is 0 Å². The molecule has 0 fully saturated rings. The lowest BCUT2D eigenvalue weighted by atomic mass is 10.3. The minimum absolute atomic E-state index is 0.0145. The van der Waals surface area contributed by atoms with Crippen molar-refractivity contribution in [2.24, 2.45) is 4.99 Å². The van der Waals surface area contributed by atoms with Gasteiger partial charge in [-0.2, -0.15) is 4.99 Å². The van der Waals surface area contributed by atoms with E-state index in [-0.39, 0.29) is 11.6 Å². The van der Waals surface area contributed by atoms with Crippen molar-refractivity contribution in [2.45, 2.75) is 6.54 Å². The molecule has 0 N–H and O–H groups in total. The Kier molecular flexibility index (Phi) is 4.18. The fourth-order valence-electron chi connectivity index (χ4n) is 2.11. The molecule has 0 aliphatic carbocycles. The number of hydrogen-bond acceptors (Lipinski definition) is 5. The third kappa shape index (κ3) is 2.99. The number of benzene rings is 1. The number of aromatic nitrogens is 1. The van der Waals surface area contributed by atoms with Crippen LogP contribution < -0.4 is 4.80 Å². The van der Waals surface area contributed by atoms with Gasteiger partial charge in [-0.05, 0) is 17.5 Å². The number of nitrogens with zero attached hydrogens (tertiary/aromatic N) is 3. The molecule has 0 spiro atoms. The van der Waals surface area contributed by atoms with Gasteiger partial charge in [0.1, 0.15) is 0 Å². The summed E-state index contributed by atoms with van der Waals surface area (Å²) in [7, 11) is 0. The average Bonchev–Trinajstić information content (AvgIpc) is 3.16. The number of non-ortho nitro benzene ring substituents is 1. The zero-order valence-corrected chi connectivity index (χ0v) is 13.5. The summed E-state index contributed by atoms with van der Waals surface area (Å²) in [6, 6.07) is 8.11. The molecule has 0 aliphatic heterocycles. The van der Waals surface area contributed by atoms with Crippen molar-refractivity contribution in [1.29, 1.82) is 0 Å². The van der Waals surface area contributed by atoms with Gasteiger partial charge in [0.25, 0.3) is 11.6 Å². The molecule has 3 aromatic rings. The highest BCUT2D eigenvalue weighted by Crippen LogP contribution is 2.23. The molecule has 0 aliphatic rings. The van der Waals surface area contributed by atoms with E-state index in [0.717, 1.165) is 5.52 Å². The number of carbonyl (C=O) groups excluding carboxylic acids is 1. The topological polar surface area (TPSA) is 77.5 Å². The van der Waals surface area contributed by atoms with Crippen LogP contribution in [0.25, 0.3) is 10.2 Å². The summed E-state index contributed by atoms with van der Waals surface area (Å²) in [5.41, 5.74) is 0.805. The average molecular weight is 345 g/mol. The normalized spacial score (nSPS) is 11.7. The van der Waals surface area contributed by atoms with Crippen LogP contribution in [0.1, 0.15) is 9.67 Å². The first kappa shape index (κ1) is 15.3. The number of thiazole rings is 1. The number of nitro benzene ring substituents is 1. The van der Waals surface area contributed by atoms with E-state index in [1.54, 1.807) is 24.3 Å². The zero-order valence-electron chi connectivity index (χ0n) is 11.8. The molecule has 0 radical (unpaired) electrons. The van der Waals surface area contributed by atoms with Gasteiger partial charge in [0.15, 0.2) is 4.80 Å². The predicted octanol–water partition coefficient (Wildman–Crippen LogP) is 3.60. The maximum absolute atomic E-state index is 12.2. The molecule has 3 rings (SSSR count). The Morgan fingerprint density at radius 2 is 2.26 bits per heavy atom. The second kappa shape index (κ2) is 6.27. The lowest BCUT2D eigenvalue weighted by Crippen LogP contribution is -2.15. The largest absolute Gasteiger partial charge is 0.312 e. The minimum atomic E-state index is -0.440. The Hall–Kier alpha value is -2.58. The van der Waals surface area contributed by atoms with Gasteiger partial charge >= 0.3 is 0 Å². The van der Waals surface area contributed by atoms with Gasteiger partial charge in [-0.3, -0.25) is 14.9 Å². The van der Waals surface area contributed by atoms with E-state index in [0.29, 0.717) is 20.9 Å². The van der Waals surface area contributed by atoms with Gasteiger partial charge in [-0.1, -0.05) is 23.5 Å². The van der Waals surface area contributed by atoms with Crippen molar-refractivity contribution in [2.75, 3.05) is 0 Å². The third-order valence-corrected chi connectivity index (χ3v) is 5.02. The third-order valence-electron chi connectivity index (χ3n) is 3.12. The zero-order chi connectivity index (χ0) is 16.4. The van der Waals surface area contributed by atoms with E-state index in [1.807, 2.05) is 9.95 Å². The van der Waals surface area contributed by atoms with E-state index in [1.165, 1.54) is 34.8 Å². The van der Waals surface area contributed by atoms with Crippen molar-refractivity contribution in [3.8, 4) is 0 Å². The van der Waals surface area contributed by atoms with E-state index in [2.05, 4.69) is 11.6 Å². The van der Waals surface area contributed by atoms with E-state index in [4.69, 9.17) is 0 Å². The van der Waals surface area contributed by atoms with Crippen molar-refractivity contribution in [3.05, 3.63) is 68.2 Å². The van der Waals surface area contributed by atoms with E-state index < -0.39 is 4.92 Å². The van der Waals surface area contributed by atoms with Gasteiger partial charge in [0.2, 0.25) is 0 Å². The molecule has 23 heavy (non-hydrogen) atoms. The first-order valence-electron chi connectivity index (χ1n) is 6.61. The first-order valence-corrected chi connectivity index (χ1v) is 8.31. The Morgan fingerprint density at radius 1 is 1.43 bits per heavy atom. The number of amides is 1. The van der Waals surface area contributed by atoms with Gasteiger partial charge in [-0.15, -0.1) is 17.9 Å². The maximum atomic E-state index is 12.2.